The van der Waals surface area contributed by atoms with E-state index in [0.717, 1.165) is 5.56 Å². The van der Waals surface area contributed by atoms with Gasteiger partial charge in [-0.2, -0.15) is 0 Å². The van der Waals surface area contributed by atoms with Gasteiger partial charge in [0.15, 0.2) is 5.72 Å². The molecule has 0 radical (unpaired) electrons. The van der Waals surface area contributed by atoms with Gasteiger partial charge in [0.25, 0.3) is 11.8 Å². The van der Waals surface area contributed by atoms with Crippen LogP contribution in [0.1, 0.15) is 65.5 Å². The van der Waals surface area contributed by atoms with Gasteiger partial charge in [-0.3, -0.25) is 9.59 Å². The van der Waals surface area contributed by atoms with Crippen LogP contribution in [0.5, 0.6) is 11.5 Å². The number of nitrogen functional groups attached to an aromatic ring is 1. The zero-order valence-electron chi connectivity index (χ0n) is 19.5. The quantitative estimate of drug-likeness (QED) is 0.487. The molecule has 2 aromatic carbocycles. The van der Waals surface area contributed by atoms with Crippen molar-refractivity contribution in [3.63, 3.8) is 0 Å². The van der Waals surface area contributed by atoms with E-state index in [9.17, 15) is 9.59 Å². The van der Waals surface area contributed by atoms with Crippen molar-refractivity contribution < 1.29 is 19.1 Å². The van der Waals surface area contributed by atoms with E-state index in [1.54, 1.807) is 42.2 Å². The first-order valence-electron chi connectivity index (χ1n) is 11.2. The Labute approximate surface area is 193 Å². The normalized spacial score (nSPS) is 16.8. The molecule has 0 aromatic heterocycles. The number of carbonyl (C=O) groups excluding carboxylic acids is 2. The van der Waals surface area contributed by atoms with Crippen LogP contribution in [0.15, 0.2) is 30.3 Å². The zero-order valence-corrected chi connectivity index (χ0v) is 19.5. The van der Waals surface area contributed by atoms with E-state index in [-0.39, 0.29) is 17.9 Å². The van der Waals surface area contributed by atoms with Gasteiger partial charge in [-0.05, 0) is 63.6 Å². The highest BCUT2D eigenvalue weighted by Gasteiger charge is 2.43. The van der Waals surface area contributed by atoms with Gasteiger partial charge in [0, 0.05) is 48.5 Å². The predicted molar refractivity (Wildman–Crippen MR) is 126 cm³/mol. The molecule has 1 spiro atoms. The Morgan fingerprint density at radius 3 is 2.58 bits per heavy atom. The lowest BCUT2D eigenvalue weighted by molar-refractivity contribution is -0.0246. The molecule has 4 N–H and O–H groups in total. The molecule has 4 rings (SSSR count). The lowest BCUT2D eigenvalue weighted by atomic mass is 9.95. The molecule has 1 saturated heterocycles. The molecule has 1 fully saturated rings. The van der Waals surface area contributed by atoms with E-state index < -0.39 is 5.72 Å². The van der Waals surface area contributed by atoms with Crippen LogP contribution in [0.4, 0.5) is 5.69 Å². The molecule has 2 aliphatic rings. The SMILES string of the molecule is CC(=N)c1cc(C(=O)N2CCC3(CC2)NC(=O)c2cc(OC(C)C)ccc2O3)cc(C)c1N. The average Bonchev–Trinajstić information content (AvgIpc) is 2.75. The molecule has 2 amide bonds. The first-order chi connectivity index (χ1) is 15.6. The second-order valence-electron chi connectivity index (χ2n) is 9.05. The Morgan fingerprint density at radius 1 is 1.24 bits per heavy atom. The van der Waals surface area contributed by atoms with Gasteiger partial charge in [-0.1, -0.05) is 0 Å². The fourth-order valence-corrected chi connectivity index (χ4v) is 4.34. The molecule has 2 aromatic rings. The molecule has 0 unspecified atom stereocenters. The summed E-state index contributed by atoms with van der Waals surface area (Å²) in [5, 5.41) is 10.9. The number of aryl methyl sites for hydroxylation is 1. The molecule has 2 aliphatic heterocycles. The maximum absolute atomic E-state index is 13.2. The van der Waals surface area contributed by atoms with Gasteiger partial charge in [-0.15, -0.1) is 0 Å². The maximum Gasteiger partial charge on any atom is 0.258 e. The molecular weight excluding hydrogens is 420 g/mol. The van der Waals surface area contributed by atoms with E-state index in [1.165, 1.54) is 0 Å². The zero-order chi connectivity index (χ0) is 23.9. The van der Waals surface area contributed by atoms with Crippen molar-refractivity contribution in [3.05, 3.63) is 52.6 Å². The number of anilines is 1. The van der Waals surface area contributed by atoms with Crippen molar-refractivity contribution in [3.8, 4) is 11.5 Å². The van der Waals surface area contributed by atoms with Crippen LogP contribution in [0, 0.1) is 12.3 Å². The number of ether oxygens (including phenoxy) is 2. The average molecular weight is 451 g/mol. The van der Waals surface area contributed by atoms with Gasteiger partial charge < -0.3 is 30.8 Å². The molecule has 0 atom stereocenters. The molecule has 2 heterocycles. The monoisotopic (exact) mass is 450 g/mol. The topological polar surface area (TPSA) is 118 Å². The summed E-state index contributed by atoms with van der Waals surface area (Å²) in [5.41, 5.74) is 8.39. The molecule has 0 bridgehead atoms. The Morgan fingerprint density at radius 2 is 1.94 bits per heavy atom. The van der Waals surface area contributed by atoms with Crippen molar-refractivity contribution in [2.24, 2.45) is 0 Å². The summed E-state index contributed by atoms with van der Waals surface area (Å²) in [6.45, 7) is 8.22. The third kappa shape index (κ3) is 4.37. The number of carbonyl (C=O) groups is 2. The minimum Gasteiger partial charge on any atom is -0.491 e. The predicted octanol–water partition coefficient (Wildman–Crippen LogP) is 3.51. The lowest BCUT2D eigenvalue weighted by Crippen LogP contribution is -2.61. The Balaban J connectivity index is 1.48. The lowest BCUT2D eigenvalue weighted by Gasteiger charge is -2.44. The minimum absolute atomic E-state index is 0.00710. The van der Waals surface area contributed by atoms with Crippen molar-refractivity contribution in [1.29, 1.82) is 5.41 Å². The molecule has 8 heteroatoms. The Hall–Kier alpha value is -3.55. The van der Waals surface area contributed by atoms with E-state index in [2.05, 4.69) is 5.32 Å². The summed E-state index contributed by atoms with van der Waals surface area (Å²) >= 11 is 0. The van der Waals surface area contributed by atoms with E-state index in [4.69, 9.17) is 20.6 Å². The summed E-state index contributed by atoms with van der Waals surface area (Å²) in [5.74, 6) is 0.825. The van der Waals surface area contributed by atoms with Crippen LogP contribution in [0.25, 0.3) is 0 Å². The Kier molecular flexibility index (Phi) is 5.78. The fourth-order valence-electron chi connectivity index (χ4n) is 4.34. The molecule has 33 heavy (non-hydrogen) atoms. The van der Waals surface area contributed by atoms with Crippen molar-refractivity contribution >= 4 is 23.2 Å². The van der Waals surface area contributed by atoms with Gasteiger partial charge in [-0.25, -0.2) is 0 Å². The largest absolute Gasteiger partial charge is 0.491 e. The van der Waals surface area contributed by atoms with Gasteiger partial charge in [0.1, 0.15) is 11.5 Å². The summed E-state index contributed by atoms with van der Waals surface area (Å²) < 4.78 is 11.9. The summed E-state index contributed by atoms with van der Waals surface area (Å²) in [6, 6.07) is 8.71. The van der Waals surface area contributed by atoms with Crippen LogP contribution in [-0.2, 0) is 0 Å². The second kappa shape index (κ2) is 8.42. The van der Waals surface area contributed by atoms with Crippen LogP contribution >= 0.6 is 0 Å². The van der Waals surface area contributed by atoms with E-state index in [0.29, 0.717) is 65.5 Å². The number of nitrogens with two attached hydrogens (primary N) is 1. The van der Waals surface area contributed by atoms with Crippen molar-refractivity contribution in [2.45, 2.75) is 52.4 Å². The minimum atomic E-state index is -0.838. The number of nitrogens with one attached hydrogen (secondary N) is 2. The fraction of sp³-hybridized carbons (Fsp3) is 0.400. The molecule has 8 nitrogen and oxygen atoms in total. The summed E-state index contributed by atoms with van der Waals surface area (Å²) in [6.07, 6.45) is 0.949. The number of hydrogen-bond acceptors (Lipinski definition) is 6. The highest BCUT2D eigenvalue weighted by Crippen LogP contribution is 2.36. The molecule has 174 valence electrons. The number of amides is 2. The first-order valence-corrected chi connectivity index (χ1v) is 11.2. The number of likely N-dealkylation sites (tertiary alicyclic amines) is 1. The van der Waals surface area contributed by atoms with E-state index >= 15 is 0 Å². The number of nitrogens with zero attached hydrogens (tertiary/aromatic N) is 1. The van der Waals surface area contributed by atoms with Gasteiger partial charge >= 0.3 is 0 Å². The van der Waals surface area contributed by atoms with Crippen LogP contribution < -0.4 is 20.5 Å². The van der Waals surface area contributed by atoms with Crippen LogP contribution in [0.2, 0.25) is 0 Å². The van der Waals surface area contributed by atoms with E-state index in [1.807, 2.05) is 20.8 Å². The third-order valence-corrected chi connectivity index (χ3v) is 6.11. The number of benzene rings is 2. The number of rotatable bonds is 4. The van der Waals surface area contributed by atoms with Crippen molar-refractivity contribution in [2.75, 3.05) is 18.8 Å². The number of piperidine rings is 1. The highest BCUT2D eigenvalue weighted by molar-refractivity contribution is 6.05. The number of fused-ring (bicyclic) bond motifs is 1. The number of hydrogen-bond donors (Lipinski definition) is 3. The smallest absolute Gasteiger partial charge is 0.258 e. The van der Waals surface area contributed by atoms with Gasteiger partial charge in [0.2, 0.25) is 0 Å². The standard InChI is InChI=1S/C25H30N4O4/c1-14(2)32-18-5-6-21-20(13-18)23(30)28-25(33-21)7-9-29(10-8-25)24(31)17-11-15(3)22(27)19(12-17)16(4)26/h5-6,11-14,26H,7-10,27H2,1-4H3,(H,28,30). The Bertz CT molecular complexity index is 1130. The van der Waals surface area contributed by atoms with Crippen molar-refractivity contribution in [1.82, 2.24) is 10.2 Å². The van der Waals surface area contributed by atoms with Gasteiger partial charge in [0.05, 0.1) is 11.7 Å². The summed E-state index contributed by atoms with van der Waals surface area (Å²) in [7, 11) is 0. The molecular formula is C25H30N4O4. The third-order valence-electron chi connectivity index (χ3n) is 6.11. The molecule has 0 aliphatic carbocycles. The van der Waals surface area contributed by atoms with Crippen LogP contribution in [0.3, 0.4) is 0 Å². The van der Waals surface area contributed by atoms with Crippen LogP contribution in [-0.4, -0.2) is 47.3 Å². The summed E-state index contributed by atoms with van der Waals surface area (Å²) in [4.78, 5) is 27.8. The molecule has 0 saturated carbocycles. The highest BCUT2D eigenvalue weighted by atomic mass is 16.5. The first kappa shape index (κ1) is 22.6. The maximum atomic E-state index is 13.2. The second-order valence-corrected chi connectivity index (χ2v) is 9.05.